The fourth-order valence-corrected chi connectivity index (χ4v) is 1.42. The Bertz CT molecular complexity index is 334. The summed E-state index contributed by atoms with van der Waals surface area (Å²) in [7, 11) is 0. The molecule has 1 aliphatic rings. The molecule has 2 heteroatoms. The van der Waals surface area contributed by atoms with Crippen molar-refractivity contribution < 1.29 is 9.53 Å². The molecule has 15 heavy (non-hydrogen) atoms. The number of hydrogen-bond acceptors (Lipinski definition) is 2. The summed E-state index contributed by atoms with van der Waals surface area (Å²) in [6, 6.07) is 0. The van der Waals surface area contributed by atoms with Crippen molar-refractivity contribution in [3.05, 3.63) is 24.3 Å². The van der Waals surface area contributed by atoms with Gasteiger partial charge in [-0.1, -0.05) is 19.8 Å². The van der Waals surface area contributed by atoms with Crippen LogP contribution >= 0.6 is 0 Å². The second-order valence-electron chi connectivity index (χ2n) is 3.79. The third kappa shape index (κ3) is 2.81. The van der Waals surface area contributed by atoms with Crippen LogP contribution in [-0.2, 0) is 9.53 Å². The van der Waals surface area contributed by atoms with Crippen molar-refractivity contribution in [3.63, 3.8) is 0 Å². The molecule has 0 atom stereocenters. The fraction of sp³-hybridized carbons (Fsp3) is 0.462. The van der Waals surface area contributed by atoms with Crippen molar-refractivity contribution in [2.75, 3.05) is 6.61 Å². The second-order valence-corrected chi connectivity index (χ2v) is 3.79. The normalized spacial score (nSPS) is 17.7. The highest BCUT2D eigenvalue weighted by Gasteiger charge is 2.31. The number of rotatable bonds is 3. The van der Waals surface area contributed by atoms with Gasteiger partial charge in [-0.2, -0.15) is 0 Å². The van der Waals surface area contributed by atoms with E-state index in [4.69, 9.17) is 4.74 Å². The van der Waals surface area contributed by atoms with E-state index < -0.39 is 5.60 Å². The van der Waals surface area contributed by atoms with Crippen LogP contribution in [0.3, 0.4) is 0 Å². The largest absolute Gasteiger partial charge is 0.354 e. The number of ketones is 1. The third-order valence-corrected chi connectivity index (χ3v) is 2.49. The van der Waals surface area contributed by atoms with E-state index in [1.54, 1.807) is 19.1 Å². The number of allylic oxidation sites excluding steroid dienone is 2. The Morgan fingerprint density at radius 1 is 1.40 bits per heavy atom. The van der Waals surface area contributed by atoms with E-state index in [1.807, 2.05) is 12.2 Å². The predicted octanol–water partition coefficient (Wildman–Crippen LogP) is 2.12. The van der Waals surface area contributed by atoms with Crippen LogP contribution in [0.5, 0.6) is 0 Å². The van der Waals surface area contributed by atoms with Crippen LogP contribution in [-0.4, -0.2) is 18.0 Å². The SMILES string of the molecule is CC#CCOC1(C(C)C)C=CC(=O)C=C1. The molecule has 0 aliphatic heterocycles. The Hall–Kier alpha value is -1.33. The molecule has 0 N–H and O–H groups in total. The van der Waals surface area contributed by atoms with E-state index in [0.29, 0.717) is 6.61 Å². The van der Waals surface area contributed by atoms with Crippen molar-refractivity contribution in [1.82, 2.24) is 0 Å². The Morgan fingerprint density at radius 3 is 2.47 bits per heavy atom. The van der Waals surface area contributed by atoms with Gasteiger partial charge in [0.1, 0.15) is 12.2 Å². The van der Waals surface area contributed by atoms with Crippen LogP contribution in [0.25, 0.3) is 0 Å². The summed E-state index contributed by atoms with van der Waals surface area (Å²) in [6.45, 7) is 6.28. The van der Waals surface area contributed by atoms with Crippen LogP contribution < -0.4 is 0 Å². The standard InChI is InChI=1S/C13H16O2/c1-4-5-10-15-13(11(2)3)8-6-12(14)7-9-13/h6-9,11H,10H2,1-3H3. The van der Waals surface area contributed by atoms with E-state index in [1.165, 1.54) is 0 Å². The summed E-state index contributed by atoms with van der Waals surface area (Å²) in [5, 5.41) is 0. The Kier molecular flexibility index (Phi) is 3.88. The minimum atomic E-state index is -0.474. The zero-order valence-electron chi connectivity index (χ0n) is 9.41. The van der Waals surface area contributed by atoms with E-state index in [0.717, 1.165) is 0 Å². The van der Waals surface area contributed by atoms with Gasteiger partial charge in [0, 0.05) is 0 Å². The van der Waals surface area contributed by atoms with Crippen molar-refractivity contribution in [2.24, 2.45) is 5.92 Å². The maximum atomic E-state index is 11.0. The number of ether oxygens (including phenoxy) is 1. The quantitative estimate of drug-likeness (QED) is 0.658. The molecule has 80 valence electrons. The number of carbonyl (C=O) groups is 1. The summed E-state index contributed by atoms with van der Waals surface area (Å²) >= 11 is 0. The maximum absolute atomic E-state index is 11.0. The molecule has 0 aromatic carbocycles. The summed E-state index contributed by atoms with van der Waals surface area (Å²) < 4.78 is 5.72. The summed E-state index contributed by atoms with van der Waals surface area (Å²) in [5.74, 6) is 5.93. The Morgan fingerprint density at radius 2 is 2.00 bits per heavy atom. The summed E-state index contributed by atoms with van der Waals surface area (Å²) in [5.41, 5.74) is -0.474. The van der Waals surface area contributed by atoms with Crippen LogP contribution in [0.1, 0.15) is 20.8 Å². The number of hydrogen-bond donors (Lipinski definition) is 0. The lowest BCUT2D eigenvalue weighted by atomic mass is 9.86. The average Bonchev–Trinajstić information content (AvgIpc) is 2.21. The minimum absolute atomic E-state index is 0.0106. The molecule has 0 spiro atoms. The van der Waals surface area contributed by atoms with Crippen molar-refractivity contribution >= 4 is 5.78 Å². The first-order valence-corrected chi connectivity index (χ1v) is 5.07. The predicted molar refractivity (Wildman–Crippen MR) is 60.3 cm³/mol. The zero-order chi connectivity index (χ0) is 11.3. The van der Waals surface area contributed by atoms with Crippen LogP contribution in [0.2, 0.25) is 0 Å². The molecule has 0 saturated heterocycles. The molecule has 0 radical (unpaired) electrons. The van der Waals surface area contributed by atoms with Gasteiger partial charge in [0.25, 0.3) is 0 Å². The molecule has 0 fully saturated rings. The highest BCUT2D eigenvalue weighted by molar-refractivity contribution is 6.00. The lowest BCUT2D eigenvalue weighted by molar-refractivity contribution is -0.111. The Balaban J connectivity index is 2.79. The van der Waals surface area contributed by atoms with E-state index in [2.05, 4.69) is 25.7 Å². The summed E-state index contributed by atoms with van der Waals surface area (Å²) in [4.78, 5) is 11.0. The molecule has 0 saturated carbocycles. The van der Waals surface area contributed by atoms with Gasteiger partial charge in [-0.05, 0) is 37.1 Å². The van der Waals surface area contributed by atoms with Gasteiger partial charge in [-0.25, -0.2) is 0 Å². The topological polar surface area (TPSA) is 26.3 Å². The molecule has 0 heterocycles. The molecule has 0 aromatic heterocycles. The minimum Gasteiger partial charge on any atom is -0.354 e. The smallest absolute Gasteiger partial charge is 0.178 e. The van der Waals surface area contributed by atoms with E-state index in [9.17, 15) is 4.79 Å². The van der Waals surface area contributed by atoms with Gasteiger partial charge in [0.05, 0.1) is 0 Å². The van der Waals surface area contributed by atoms with Gasteiger partial charge >= 0.3 is 0 Å². The lowest BCUT2D eigenvalue weighted by Gasteiger charge is -2.32. The van der Waals surface area contributed by atoms with Gasteiger partial charge in [-0.15, -0.1) is 5.92 Å². The van der Waals surface area contributed by atoms with Gasteiger partial charge in [-0.3, -0.25) is 4.79 Å². The Labute approximate surface area is 91.0 Å². The van der Waals surface area contributed by atoms with E-state index >= 15 is 0 Å². The lowest BCUT2D eigenvalue weighted by Crippen LogP contribution is -2.36. The fourth-order valence-electron chi connectivity index (χ4n) is 1.42. The highest BCUT2D eigenvalue weighted by Crippen LogP contribution is 2.27. The van der Waals surface area contributed by atoms with Gasteiger partial charge < -0.3 is 4.74 Å². The first-order valence-electron chi connectivity index (χ1n) is 5.07. The molecule has 0 bridgehead atoms. The third-order valence-electron chi connectivity index (χ3n) is 2.49. The monoisotopic (exact) mass is 204 g/mol. The number of carbonyl (C=O) groups excluding carboxylic acids is 1. The first kappa shape index (κ1) is 11.7. The van der Waals surface area contributed by atoms with Gasteiger partial charge in [0.15, 0.2) is 5.78 Å². The molecule has 0 amide bonds. The van der Waals surface area contributed by atoms with Gasteiger partial charge in [0.2, 0.25) is 0 Å². The summed E-state index contributed by atoms with van der Waals surface area (Å²) in [6.07, 6.45) is 6.74. The van der Waals surface area contributed by atoms with Crippen LogP contribution in [0, 0.1) is 17.8 Å². The highest BCUT2D eigenvalue weighted by atomic mass is 16.5. The average molecular weight is 204 g/mol. The molecule has 0 aromatic rings. The van der Waals surface area contributed by atoms with Crippen LogP contribution in [0.4, 0.5) is 0 Å². The molecule has 0 unspecified atom stereocenters. The molecule has 1 aliphatic carbocycles. The van der Waals surface area contributed by atoms with Crippen molar-refractivity contribution in [3.8, 4) is 11.8 Å². The molecular weight excluding hydrogens is 188 g/mol. The first-order chi connectivity index (χ1) is 7.10. The maximum Gasteiger partial charge on any atom is 0.178 e. The zero-order valence-corrected chi connectivity index (χ0v) is 9.41. The second kappa shape index (κ2) is 4.95. The van der Waals surface area contributed by atoms with Crippen molar-refractivity contribution in [1.29, 1.82) is 0 Å². The molecule has 2 nitrogen and oxygen atoms in total. The van der Waals surface area contributed by atoms with Crippen molar-refractivity contribution in [2.45, 2.75) is 26.4 Å². The van der Waals surface area contributed by atoms with E-state index in [-0.39, 0.29) is 11.7 Å². The molecular formula is C13H16O2. The van der Waals surface area contributed by atoms with Crippen LogP contribution in [0.15, 0.2) is 24.3 Å². The molecule has 1 rings (SSSR count).